The second-order valence-corrected chi connectivity index (χ2v) is 6.26. The third kappa shape index (κ3) is 2.78. The van der Waals surface area contributed by atoms with E-state index in [-0.39, 0.29) is 0 Å². The van der Waals surface area contributed by atoms with E-state index in [9.17, 15) is 0 Å². The minimum Gasteiger partial charge on any atom is -0.312 e. The molecule has 1 saturated heterocycles. The molecule has 1 aliphatic heterocycles. The van der Waals surface area contributed by atoms with Gasteiger partial charge in [0.15, 0.2) is 0 Å². The summed E-state index contributed by atoms with van der Waals surface area (Å²) in [5.74, 6) is 2.09. The van der Waals surface area contributed by atoms with E-state index >= 15 is 0 Å². The van der Waals surface area contributed by atoms with Crippen LogP contribution < -0.4 is 5.32 Å². The molecule has 2 nitrogen and oxygen atoms in total. The maximum atomic E-state index is 3.77. The summed E-state index contributed by atoms with van der Waals surface area (Å²) in [6.45, 7) is 6.33. The van der Waals surface area contributed by atoms with Gasteiger partial charge in [0, 0.05) is 18.6 Å². The average molecular weight is 222 g/mol. The molecule has 3 aliphatic rings. The molecule has 2 saturated carbocycles. The zero-order valence-corrected chi connectivity index (χ0v) is 10.6. The summed E-state index contributed by atoms with van der Waals surface area (Å²) < 4.78 is 0. The number of nitrogens with zero attached hydrogens (tertiary/aromatic N) is 1. The van der Waals surface area contributed by atoms with Crippen molar-refractivity contribution in [2.45, 2.75) is 57.5 Å². The van der Waals surface area contributed by atoms with E-state index < -0.39 is 0 Å². The van der Waals surface area contributed by atoms with Gasteiger partial charge in [0.25, 0.3) is 0 Å². The van der Waals surface area contributed by atoms with Crippen LogP contribution in [-0.2, 0) is 0 Å². The van der Waals surface area contributed by atoms with Crippen molar-refractivity contribution in [2.24, 2.45) is 11.8 Å². The van der Waals surface area contributed by atoms with Crippen LogP contribution >= 0.6 is 0 Å². The molecule has 3 rings (SSSR count). The van der Waals surface area contributed by atoms with Crippen molar-refractivity contribution < 1.29 is 0 Å². The quantitative estimate of drug-likeness (QED) is 0.785. The lowest BCUT2D eigenvalue weighted by atomic mass is 10.1. The van der Waals surface area contributed by atoms with Crippen LogP contribution in [0.3, 0.4) is 0 Å². The van der Waals surface area contributed by atoms with Gasteiger partial charge < -0.3 is 5.32 Å². The third-order valence-electron chi connectivity index (χ3n) is 4.74. The van der Waals surface area contributed by atoms with Gasteiger partial charge in [0.05, 0.1) is 0 Å². The van der Waals surface area contributed by atoms with Crippen LogP contribution in [0.15, 0.2) is 0 Å². The van der Waals surface area contributed by atoms with Gasteiger partial charge in [-0.15, -0.1) is 0 Å². The van der Waals surface area contributed by atoms with E-state index in [1.54, 1.807) is 0 Å². The maximum Gasteiger partial charge on any atom is 0.0223 e. The standard InChI is InChI=1S/C14H26N2/c1-11-6-8-15-14(13-4-5-13)10-16(11)9-7-12-2-3-12/h11-15H,2-10H2,1H3. The molecule has 0 aromatic heterocycles. The van der Waals surface area contributed by atoms with Gasteiger partial charge in [0.2, 0.25) is 0 Å². The van der Waals surface area contributed by atoms with Gasteiger partial charge >= 0.3 is 0 Å². The fourth-order valence-electron chi connectivity index (χ4n) is 3.04. The van der Waals surface area contributed by atoms with Crippen molar-refractivity contribution in [2.75, 3.05) is 19.6 Å². The Bertz CT molecular complexity index is 233. The highest BCUT2D eigenvalue weighted by Gasteiger charge is 2.34. The molecule has 0 spiro atoms. The summed E-state index contributed by atoms with van der Waals surface area (Å²) in [7, 11) is 0. The molecule has 0 bridgehead atoms. The first-order valence-corrected chi connectivity index (χ1v) is 7.30. The van der Waals surface area contributed by atoms with Crippen molar-refractivity contribution in [1.82, 2.24) is 10.2 Å². The highest BCUT2D eigenvalue weighted by atomic mass is 15.2. The van der Waals surface area contributed by atoms with Crippen LogP contribution in [0.5, 0.6) is 0 Å². The zero-order chi connectivity index (χ0) is 11.0. The molecule has 92 valence electrons. The Hall–Kier alpha value is -0.0800. The molecule has 0 aromatic carbocycles. The van der Waals surface area contributed by atoms with Crippen molar-refractivity contribution in [3.63, 3.8) is 0 Å². The Kier molecular flexibility index (Phi) is 3.21. The Morgan fingerprint density at radius 1 is 1.12 bits per heavy atom. The fourth-order valence-corrected chi connectivity index (χ4v) is 3.04. The van der Waals surface area contributed by atoms with Crippen LogP contribution in [0.25, 0.3) is 0 Å². The second kappa shape index (κ2) is 4.66. The van der Waals surface area contributed by atoms with Crippen LogP contribution in [0, 0.1) is 11.8 Å². The fraction of sp³-hybridized carbons (Fsp3) is 1.00. The van der Waals surface area contributed by atoms with E-state index in [4.69, 9.17) is 0 Å². The largest absolute Gasteiger partial charge is 0.312 e. The van der Waals surface area contributed by atoms with E-state index in [1.165, 1.54) is 58.2 Å². The number of hydrogen-bond acceptors (Lipinski definition) is 2. The monoisotopic (exact) mass is 222 g/mol. The number of hydrogen-bond donors (Lipinski definition) is 1. The predicted octanol–water partition coefficient (Wildman–Crippen LogP) is 2.25. The zero-order valence-electron chi connectivity index (χ0n) is 10.6. The first-order valence-electron chi connectivity index (χ1n) is 7.30. The molecule has 2 heteroatoms. The Balaban J connectivity index is 1.53. The SMILES string of the molecule is CC1CCNC(C2CC2)CN1CCC1CC1. The van der Waals surface area contributed by atoms with Crippen molar-refractivity contribution in [1.29, 1.82) is 0 Å². The molecule has 2 aliphatic carbocycles. The lowest BCUT2D eigenvalue weighted by Crippen LogP contribution is -2.41. The first kappa shape index (κ1) is 11.0. The molecule has 2 atom stereocenters. The van der Waals surface area contributed by atoms with Crippen molar-refractivity contribution >= 4 is 0 Å². The average Bonchev–Trinajstić information content (AvgIpc) is 3.14. The summed E-state index contributed by atoms with van der Waals surface area (Å²) in [6, 6.07) is 1.61. The summed E-state index contributed by atoms with van der Waals surface area (Å²) in [4.78, 5) is 2.77. The second-order valence-electron chi connectivity index (χ2n) is 6.26. The Labute approximate surface area is 99.8 Å². The van der Waals surface area contributed by atoms with Crippen LogP contribution in [-0.4, -0.2) is 36.6 Å². The van der Waals surface area contributed by atoms with Gasteiger partial charge in [-0.2, -0.15) is 0 Å². The molecular formula is C14H26N2. The van der Waals surface area contributed by atoms with E-state index in [0.29, 0.717) is 0 Å². The molecule has 1 N–H and O–H groups in total. The Morgan fingerprint density at radius 2 is 1.94 bits per heavy atom. The molecular weight excluding hydrogens is 196 g/mol. The van der Waals surface area contributed by atoms with Gasteiger partial charge in [0.1, 0.15) is 0 Å². The number of rotatable bonds is 4. The van der Waals surface area contributed by atoms with E-state index in [1.807, 2.05) is 0 Å². The minimum atomic E-state index is 0.801. The predicted molar refractivity (Wildman–Crippen MR) is 67.5 cm³/mol. The molecule has 0 radical (unpaired) electrons. The highest BCUT2D eigenvalue weighted by molar-refractivity contribution is 4.92. The van der Waals surface area contributed by atoms with Crippen molar-refractivity contribution in [3.8, 4) is 0 Å². The summed E-state index contributed by atoms with van der Waals surface area (Å²) >= 11 is 0. The molecule has 16 heavy (non-hydrogen) atoms. The van der Waals surface area contributed by atoms with E-state index in [2.05, 4.69) is 17.1 Å². The summed E-state index contributed by atoms with van der Waals surface area (Å²) in [5.41, 5.74) is 0. The van der Waals surface area contributed by atoms with Gasteiger partial charge in [-0.3, -0.25) is 4.90 Å². The van der Waals surface area contributed by atoms with Gasteiger partial charge in [-0.05, 0) is 57.5 Å². The first-order chi connectivity index (χ1) is 7.83. The smallest absolute Gasteiger partial charge is 0.0223 e. The summed E-state index contributed by atoms with van der Waals surface area (Å²) in [5, 5.41) is 3.77. The van der Waals surface area contributed by atoms with Crippen LogP contribution in [0.1, 0.15) is 45.4 Å². The number of nitrogens with one attached hydrogen (secondary N) is 1. The van der Waals surface area contributed by atoms with Gasteiger partial charge in [-0.25, -0.2) is 0 Å². The topological polar surface area (TPSA) is 15.3 Å². The Morgan fingerprint density at radius 3 is 2.62 bits per heavy atom. The van der Waals surface area contributed by atoms with Crippen molar-refractivity contribution in [3.05, 3.63) is 0 Å². The van der Waals surface area contributed by atoms with Gasteiger partial charge in [-0.1, -0.05) is 12.8 Å². The summed E-state index contributed by atoms with van der Waals surface area (Å²) in [6.07, 6.45) is 8.76. The molecule has 3 fully saturated rings. The third-order valence-corrected chi connectivity index (χ3v) is 4.74. The highest BCUT2D eigenvalue weighted by Crippen LogP contribution is 2.35. The lowest BCUT2D eigenvalue weighted by molar-refractivity contribution is 0.194. The maximum absolute atomic E-state index is 3.77. The molecule has 0 aromatic rings. The van der Waals surface area contributed by atoms with E-state index in [0.717, 1.165) is 23.9 Å². The normalized spacial score (nSPS) is 37.3. The minimum absolute atomic E-state index is 0.801. The van der Waals surface area contributed by atoms with Crippen LogP contribution in [0.2, 0.25) is 0 Å². The molecule has 2 unspecified atom stereocenters. The lowest BCUT2D eigenvalue weighted by Gasteiger charge is -2.29. The molecule has 0 amide bonds. The molecule has 1 heterocycles. The van der Waals surface area contributed by atoms with Crippen LogP contribution in [0.4, 0.5) is 0 Å².